The molecule has 10 aliphatic rings. The van der Waals surface area contributed by atoms with Gasteiger partial charge in [0.1, 0.15) is 0 Å². The van der Waals surface area contributed by atoms with Crippen LogP contribution in [-0.4, -0.2) is 126 Å². The maximum atomic E-state index is 12.8. The van der Waals surface area contributed by atoms with E-state index in [-0.39, 0.29) is 66.9 Å². The molecule has 17 heteroatoms. The summed E-state index contributed by atoms with van der Waals surface area (Å²) < 4.78 is 0. The summed E-state index contributed by atoms with van der Waals surface area (Å²) in [4.78, 5) is 52.2. The van der Waals surface area contributed by atoms with Gasteiger partial charge in [-0.05, 0) is 135 Å². The van der Waals surface area contributed by atoms with Gasteiger partial charge < -0.3 is 25.9 Å². The number of anilines is 2. The number of halogens is 4. The molecule has 356 valence electrons. The highest BCUT2D eigenvalue weighted by atomic mass is 35.5. The Kier molecular flexibility index (Phi) is 19.0. The van der Waals surface area contributed by atoms with E-state index in [0.717, 1.165) is 127 Å². The zero-order valence-electron chi connectivity index (χ0n) is 37.7. The summed E-state index contributed by atoms with van der Waals surface area (Å²) in [6.45, 7) is 16.2. The van der Waals surface area contributed by atoms with Crippen LogP contribution in [0.3, 0.4) is 0 Å². The second-order valence-electron chi connectivity index (χ2n) is 21.4. The average Bonchev–Trinajstić information content (AvgIpc) is 3.17. The molecule has 2 aromatic heterocycles. The number of rotatable bonds is 12. The zero-order chi connectivity index (χ0) is 39.8. The molecule has 0 radical (unpaired) electrons. The highest BCUT2D eigenvalue weighted by Crippen LogP contribution is 2.67. The second-order valence-corrected chi connectivity index (χ2v) is 21.4. The fourth-order valence-corrected chi connectivity index (χ4v) is 15.0. The number of piperazine rings is 2. The van der Waals surface area contributed by atoms with Crippen molar-refractivity contribution in [1.82, 2.24) is 40.4 Å². The van der Waals surface area contributed by atoms with Crippen LogP contribution in [0, 0.1) is 45.3 Å². The van der Waals surface area contributed by atoms with Crippen LogP contribution in [-0.2, 0) is 9.59 Å². The van der Waals surface area contributed by atoms with E-state index in [1.54, 1.807) is 24.8 Å². The molecule has 2 aromatic rings. The van der Waals surface area contributed by atoms with Crippen LogP contribution in [0.4, 0.5) is 11.9 Å². The first kappa shape index (κ1) is 53.4. The van der Waals surface area contributed by atoms with Gasteiger partial charge >= 0.3 is 0 Å². The van der Waals surface area contributed by atoms with Gasteiger partial charge in [-0.3, -0.25) is 19.4 Å². The molecule has 8 bridgehead atoms. The summed E-state index contributed by atoms with van der Waals surface area (Å²) in [6, 6.07) is 3.71. The quantitative estimate of drug-likeness (QED) is 0.249. The Morgan fingerprint density at radius 2 is 0.857 bits per heavy atom. The zero-order valence-corrected chi connectivity index (χ0v) is 41.0. The van der Waals surface area contributed by atoms with Gasteiger partial charge in [-0.2, -0.15) is 0 Å². The van der Waals surface area contributed by atoms with Crippen molar-refractivity contribution in [2.24, 2.45) is 45.3 Å². The maximum Gasteiger partial charge on any atom is 0.225 e. The van der Waals surface area contributed by atoms with E-state index in [1.165, 1.54) is 77.0 Å². The van der Waals surface area contributed by atoms with Crippen molar-refractivity contribution in [1.29, 1.82) is 0 Å². The van der Waals surface area contributed by atoms with Crippen molar-refractivity contribution in [2.45, 2.75) is 104 Å². The minimum Gasteiger partial charge on any atom is -0.412 e. The average molecular weight is 959 g/mol. The van der Waals surface area contributed by atoms with Gasteiger partial charge in [-0.25, -0.2) is 19.9 Å². The summed E-state index contributed by atoms with van der Waals surface area (Å²) >= 11 is 0. The van der Waals surface area contributed by atoms with Gasteiger partial charge in [-0.1, -0.05) is 13.8 Å². The first-order valence-electron chi connectivity index (χ1n) is 23.0. The molecule has 4 N–H and O–H groups in total. The van der Waals surface area contributed by atoms with Crippen LogP contribution in [0.15, 0.2) is 36.9 Å². The van der Waals surface area contributed by atoms with Crippen molar-refractivity contribution in [3.05, 3.63) is 36.9 Å². The van der Waals surface area contributed by atoms with Gasteiger partial charge in [0.2, 0.25) is 23.7 Å². The Labute approximate surface area is 401 Å². The molecule has 0 spiro atoms. The number of amides is 2. The molecule has 4 unspecified atom stereocenters. The molecular weight excluding hydrogens is 882 g/mol. The second kappa shape index (κ2) is 22.5. The first-order chi connectivity index (χ1) is 28.0. The Morgan fingerprint density at radius 1 is 0.540 bits per heavy atom. The van der Waals surface area contributed by atoms with E-state index in [9.17, 15) is 9.59 Å². The molecule has 8 aliphatic carbocycles. The summed E-state index contributed by atoms with van der Waals surface area (Å²) in [7, 11) is 0. The fraction of sp³-hybridized carbons (Fsp3) is 0.783. The number of hydrogen-bond donors (Lipinski definition) is 2. The van der Waals surface area contributed by atoms with Crippen molar-refractivity contribution < 1.29 is 15.1 Å². The third-order valence-corrected chi connectivity index (χ3v) is 15.9. The highest BCUT2D eigenvalue weighted by Gasteiger charge is 2.57. The predicted molar refractivity (Wildman–Crippen MR) is 260 cm³/mol. The Morgan fingerprint density at radius 3 is 1.16 bits per heavy atom. The third-order valence-electron chi connectivity index (χ3n) is 15.9. The minimum atomic E-state index is 0. The highest BCUT2D eigenvalue weighted by molar-refractivity contribution is 5.86. The fourth-order valence-electron chi connectivity index (χ4n) is 15.0. The normalized spacial score (nSPS) is 33.5. The number of aromatic nitrogens is 4. The monoisotopic (exact) mass is 956 g/mol. The maximum absolute atomic E-state index is 12.8. The topological polar surface area (TPSA) is 154 Å². The lowest BCUT2D eigenvalue weighted by Crippen LogP contribution is -2.52. The molecule has 2 amide bonds. The number of carbonyl (C=O) groups is 2. The van der Waals surface area contributed by atoms with Crippen LogP contribution in [0.1, 0.15) is 104 Å². The lowest BCUT2D eigenvalue weighted by atomic mass is 9.44. The van der Waals surface area contributed by atoms with Gasteiger partial charge in [-0.15, -0.1) is 49.6 Å². The van der Waals surface area contributed by atoms with Crippen molar-refractivity contribution >= 4 is 73.3 Å². The van der Waals surface area contributed by atoms with Crippen LogP contribution < -0.4 is 20.4 Å². The largest absolute Gasteiger partial charge is 0.412 e. The van der Waals surface area contributed by atoms with Gasteiger partial charge in [0.05, 0.1) is 0 Å². The van der Waals surface area contributed by atoms with Gasteiger partial charge in [0, 0.05) is 116 Å². The summed E-state index contributed by atoms with van der Waals surface area (Å²) in [5, 5.41) is 6.48. The molecule has 12 rings (SSSR count). The number of hydrogen-bond acceptors (Lipinski definition) is 10. The number of nitrogens with one attached hydrogen (secondary N) is 2. The van der Waals surface area contributed by atoms with Crippen molar-refractivity contribution in [3.8, 4) is 0 Å². The van der Waals surface area contributed by atoms with Gasteiger partial charge in [0.25, 0.3) is 0 Å². The summed E-state index contributed by atoms with van der Waals surface area (Å²) in [5.74, 6) is 5.77. The third kappa shape index (κ3) is 13.0. The number of carbonyl (C=O) groups excluding carboxylic acids is 2. The van der Waals surface area contributed by atoms with Gasteiger partial charge in [0.15, 0.2) is 0 Å². The molecule has 4 heterocycles. The minimum absolute atomic E-state index is 0. The van der Waals surface area contributed by atoms with Crippen LogP contribution >= 0.6 is 49.6 Å². The molecule has 63 heavy (non-hydrogen) atoms. The van der Waals surface area contributed by atoms with Crippen LogP contribution in [0.2, 0.25) is 0 Å². The van der Waals surface area contributed by atoms with Crippen LogP contribution in [0.25, 0.3) is 0 Å². The Balaban J connectivity index is 0.000000256. The smallest absolute Gasteiger partial charge is 0.225 e. The molecule has 10 fully saturated rings. The summed E-state index contributed by atoms with van der Waals surface area (Å²) in [6.07, 6.45) is 25.0. The van der Waals surface area contributed by atoms with E-state index in [4.69, 9.17) is 0 Å². The van der Waals surface area contributed by atoms with E-state index >= 15 is 0 Å². The predicted octanol–water partition coefficient (Wildman–Crippen LogP) is 6.29. The standard InChI is InChI=1S/2C23H35N5O.4ClH.H2O/c2*1-22-12-18-11-19(13-22)15-23(14-18,17-22)16-20(29)24-5-6-27-7-9-28(10-8-27)21-25-3-2-4-26-21;;;;;/h2*2-4,18-19H,5-17H2,1H3,(H,24,29);4*1H;1H2. The molecule has 8 saturated carbocycles. The lowest BCUT2D eigenvalue weighted by molar-refractivity contribution is -0.137. The molecule has 2 aliphatic heterocycles. The first-order valence-corrected chi connectivity index (χ1v) is 23.0. The van der Waals surface area contributed by atoms with E-state index in [1.807, 2.05) is 12.1 Å². The molecule has 4 atom stereocenters. The SMILES string of the molecule is CC12CC3CC(C1)CC(CC(=O)NCCN1CCN(c4ncccn4)CC1)(C3)C2.CC12CC3CC(C1)CC(CC(=O)NCCN1CCN(c4ncccn4)CC1)(C3)C2.Cl.Cl.Cl.Cl.O. The van der Waals surface area contributed by atoms with Crippen molar-refractivity contribution in [3.63, 3.8) is 0 Å². The van der Waals surface area contributed by atoms with Crippen LogP contribution in [0.5, 0.6) is 0 Å². The Hall–Kier alpha value is -2.26. The van der Waals surface area contributed by atoms with E-state index < -0.39 is 0 Å². The van der Waals surface area contributed by atoms with E-state index in [0.29, 0.717) is 21.7 Å². The molecule has 0 aromatic carbocycles. The Bertz CT molecular complexity index is 1580. The molecular formula is C46H76Cl4N10O3. The van der Waals surface area contributed by atoms with Crippen molar-refractivity contribution in [2.75, 3.05) is 88.3 Å². The summed E-state index contributed by atoms with van der Waals surface area (Å²) in [5.41, 5.74) is 1.66. The number of nitrogens with zero attached hydrogens (tertiary/aromatic N) is 8. The molecule has 2 saturated heterocycles. The lowest BCUT2D eigenvalue weighted by Gasteiger charge is -2.61. The molecule has 13 nitrogen and oxygen atoms in total. The van der Waals surface area contributed by atoms with E-state index in [2.05, 4.69) is 64.0 Å².